The molecular formula is C18H19BrFN3O6. The SMILES string of the molecule is CCOC(=O)C1=C(CCC(F)Br)NC(C)=C([N+](=O)[O-])C1c1cccc([N+](=O)[O-])c1. The predicted molar refractivity (Wildman–Crippen MR) is 105 cm³/mol. The van der Waals surface area contributed by atoms with Gasteiger partial charge in [0, 0.05) is 17.8 Å². The summed E-state index contributed by atoms with van der Waals surface area (Å²) < 4.78 is 18.4. The van der Waals surface area contributed by atoms with Gasteiger partial charge in [-0.3, -0.25) is 20.2 Å². The van der Waals surface area contributed by atoms with Gasteiger partial charge in [0.15, 0.2) is 5.08 Å². The number of hydrogen-bond acceptors (Lipinski definition) is 7. The van der Waals surface area contributed by atoms with Crippen LogP contribution in [0.3, 0.4) is 0 Å². The summed E-state index contributed by atoms with van der Waals surface area (Å²) in [5, 5.41) is 24.5. The second-order valence-electron chi connectivity index (χ2n) is 6.22. The third kappa shape index (κ3) is 5.17. The Kier molecular flexibility index (Phi) is 7.43. The van der Waals surface area contributed by atoms with E-state index in [2.05, 4.69) is 21.2 Å². The largest absolute Gasteiger partial charge is 0.463 e. The summed E-state index contributed by atoms with van der Waals surface area (Å²) >= 11 is 2.80. The molecule has 1 heterocycles. The van der Waals surface area contributed by atoms with Crippen LogP contribution in [0.15, 0.2) is 46.9 Å². The van der Waals surface area contributed by atoms with E-state index in [0.29, 0.717) is 0 Å². The molecule has 0 aromatic heterocycles. The Bertz CT molecular complexity index is 899. The lowest BCUT2D eigenvalue weighted by atomic mass is 9.83. The van der Waals surface area contributed by atoms with Crippen LogP contribution < -0.4 is 5.32 Å². The van der Waals surface area contributed by atoms with Gasteiger partial charge in [-0.05, 0) is 32.3 Å². The lowest BCUT2D eigenvalue weighted by molar-refractivity contribution is -0.431. The van der Waals surface area contributed by atoms with Crippen molar-refractivity contribution in [3.8, 4) is 0 Å². The number of dihydropyridines is 1. The number of hydrogen-bond donors (Lipinski definition) is 1. The van der Waals surface area contributed by atoms with Crippen LogP contribution in [-0.2, 0) is 9.53 Å². The number of carbonyl (C=O) groups excluding carboxylic acids is 1. The van der Waals surface area contributed by atoms with E-state index in [0.717, 1.165) is 0 Å². The Labute approximate surface area is 174 Å². The minimum atomic E-state index is -1.34. The van der Waals surface area contributed by atoms with Crippen molar-refractivity contribution in [3.63, 3.8) is 0 Å². The zero-order valence-corrected chi connectivity index (χ0v) is 17.3. The summed E-state index contributed by atoms with van der Waals surface area (Å²) in [6.07, 6.45) is 0.0856. The molecule has 0 radical (unpaired) electrons. The standard InChI is InChI=1S/C18H19BrFN3O6/c1-3-29-18(24)16-13(7-8-14(19)20)21-10(2)17(23(27)28)15(16)11-5-4-6-12(9-11)22(25)26/h4-6,9,14-15,21H,3,7-8H2,1-2H3. The second-order valence-corrected chi connectivity index (χ2v) is 7.21. The van der Waals surface area contributed by atoms with Gasteiger partial charge in [0.1, 0.15) is 5.92 Å². The Morgan fingerprint density at radius 2 is 2.03 bits per heavy atom. The first-order valence-corrected chi connectivity index (χ1v) is 9.63. The number of alkyl halides is 2. The van der Waals surface area contributed by atoms with E-state index < -0.39 is 26.8 Å². The number of nitrogens with one attached hydrogen (secondary N) is 1. The number of nitro benzene ring substituents is 1. The van der Waals surface area contributed by atoms with Gasteiger partial charge in [0.05, 0.1) is 27.7 Å². The van der Waals surface area contributed by atoms with Crippen molar-refractivity contribution < 1.29 is 23.8 Å². The first-order valence-electron chi connectivity index (χ1n) is 8.72. The molecule has 9 nitrogen and oxygen atoms in total. The van der Waals surface area contributed by atoms with Crippen LogP contribution in [0.2, 0.25) is 0 Å². The maximum absolute atomic E-state index is 13.4. The Morgan fingerprint density at radius 3 is 2.59 bits per heavy atom. The Balaban J connectivity index is 2.71. The van der Waals surface area contributed by atoms with Crippen molar-refractivity contribution in [1.82, 2.24) is 5.32 Å². The molecule has 29 heavy (non-hydrogen) atoms. The van der Waals surface area contributed by atoms with Gasteiger partial charge in [-0.25, -0.2) is 9.18 Å². The van der Waals surface area contributed by atoms with E-state index in [-0.39, 0.29) is 53.4 Å². The number of esters is 1. The second kappa shape index (κ2) is 9.59. The minimum Gasteiger partial charge on any atom is -0.463 e. The van der Waals surface area contributed by atoms with Crippen LogP contribution in [0.1, 0.15) is 38.2 Å². The van der Waals surface area contributed by atoms with Gasteiger partial charge in [-0.1, -0.05) is 28.1 Å². The van der Waals surface area contributed by atoms with E-state index in [4.69, 9.17) is 4.74 Å². The molecule has 2 rings (SSSR count). The smallest absolute Gasteiger partial charge is 0.336 e. The highest BCUT2D eigenvalue weighted by atomic mass is 79.9. The molecule has 0 spiro atoms. The van der Waals surface area contributed by atoms with E-state index in [1.165, 1.54) is 31.2 Å². The highest BCUT2D eigenvalue weighted by molar-refractivity contribution is 9.09. The molecule has 0 saturated carbocycles. The fourth-order valence-electron chi connectivity index (χ4n) is 3.17. The topological polar surface area (TPSA) is 125 Å². The molecule has 11 heteroatoms. The van der Waals surface area contributed by atoms with Crippen LogP contribution in [0, 0.1) is 20.2 Å². The number of rotatable bonds is 8. The number of nitro groups is 2. The average molecular weight is 472 g/mol. The zero-order chi connectivity index (χ0) is 21.7. The molecule has 0 fully saturated rings. The molecule has 2 atom stereocenters. The summed E-state index contributed by atoms with van der Waals surface area (Å²) in [4.78, 5) is 34.4. The van der Waals surface area contributed by atoms with Gasteiger partial charge in [-0.2, -0.15) is 0 Å². The molecule has 1 aliphatic rings. The van der Waals surface area contributed by atoms with Gasteiger partial charge in [0.2, 0.25) is 0 Å². The molecule has 0 saturated heterocycles. The molecule has 0 aliphatic carbocycles. The van der Waals surface area contributed by atoms with Crippen molar-refractivity contribution in [2.45, 2.75) is 37.7 Å². The van der Waals surface area contributed by atoms with Gasteiger partial charge in [-0.15, -0.1) is 0 Å². The number of halogens is 2. The number of allylic oxidation sites excluding steroid dienone is 3. The lowest BCUT2D eigenvalue weighted by Gasteiger charge is -2.28. The van der Waals surface area contributed by atoms with Crippen LogP contribution in [0.25, 0.3) is 0 Å². The van der Waals surface area contributed by atoms with Crippen LogP contribution in [-0.4, -0.2) is 27.5 Å². The first kappa shape index (κ1) is 22.5. The highest BCUT2D eigenvalue weighted by Gasteiger charge is 2.42. The molecule has 156 valence electrons. The molecule has 1 aromatic rings. The highest BCUT2D eigenvalue weighted by Crippen LogP contribution is 2.40. The van der Waals surface area contributed by atoms with Gasteiger partial charge < -0.3 is 10.1 Å². The van der Waals surface area contributed by atoms with Crippen LogP contribution in [0.5, 0.6) is 0 Å². The van der Waals surface area contributed by atoms with E-state index in [1.807, 2.05) is 0 Å². The number of nitrogens with zero attached hydrogens (tertiary/aromatic N) is 2. The lowest BCUT2D eigenvalue weighted by Crippen LogP contribution is -2.32. The van der Waals surface area contributed by atoms with Crippen molar-refractivity contribution in [1.29, 1.82) is 0 Å². The molecule has 2 unspecified atom stereocenters. The third-order valence-electron chi connectivity index (χ3n) is 4.33. The molecule has 1 aromatic carbocycles. The first-order chi connectivity index (χ1) is 13.7. The van der Waals surface area contributed by atoms with E-state index in [1.54, 1.807) is 6.92 Å². The zero-order valence-electron chi connectivity index (χ0n) is 15.7. The van der Waals surface area contributed by atoms with Crippen LogP contribution in [0.4, 0.5) is 10.1 Å². The van der Waals surface area contributed by atoms with Crippen molar-refractivity contribution in [2.75, 3.05) is 6.61 Å². The number of non-ortho nitro benzene ring substituents is 1. The molecular weight excluding hydrogens is 453 g/mol. The van der Waals surface area contributed by atoms with E-state index >= 15 is 0 Å². The Hall–Kier alpha value is -2.82. The summed E-state index contributed by atoms with van der Waals surface area (Å²) in [5.41, 5.74) is -0.00574. The number of ether oxygens (including phenoxy) is 1. The van der Waals surface area contributed by atoms with Crippen molar-refractivity contribution in [3.05, 3.63) is 72.7 Å². The summed E-state index contributed by atoms with van der Waals surface area (Å²) in [6, 6.07) is 5.30. The summed E-state index contributed by atoms with van der Waals surface area (Å²) in [5.74, 6) is -2.00. The predicted octanol–water partition coefficient (Wildman–Crippen LogP) is 4.08. The Morgan fingerprint density at radius 1 is 1.34 bits per heavy atom. The quantitative estimate of drug-likeness (QED) is 0.262. The number of benzene rings is 1. The molecule has 1 aliphatic heterocycles. The fraction of sp³-hybridized carbons (Fsp3) is 0.389. The monoisotopic (exact) mass is 471 g/mol. The molecule has 0 bridgehead atoms. The minimum absolute atomic E-state index is 0.00791. The van der Waals surface area contributed by atoms with Crippen molar-refractivity contribution in [2.24, 2.45) is 0 Å². The summed E-state index contributed by atoms with van der Waals surface area (Å²) in [7, 11) is 0. The normalized spacial score (nSPS) is 17.6. The third-order valence-corrected chi connectivity index (χ3v) is 4.79. The molecule has 1 N–H and O–H groups in total. The van der Waals surface area contributed by atoms with Crippen LogP contribution >= 0.6 is 15.9 Å². The fourth-order valence-corrected chi connectivity index (χ4v) is 3.40. The molecule has 0 amide bonds. The summed E-state index contributed by atoms with van der Waals surface area (Å²) in [6.45, 7) is 3.08. The average Bonchev–Trinajstić information content (AvgIpc) is 2.65. The van der Waals surface area contributed by atoms with Gasteiger partial charge in [0.25, 0.3) is 11.4 Å². The maximum Gasteiger partial charge on any atom is 0.336 e. The van der Waals surface area contributed by atoms with E-state index in [9.17, 15) is 29.4 Å². The number of carbonyl (C=O) groups is 1. The maximum atomic E-state index is 13.4. The van der Waals surface area contributed by atoms with Gasteiger partial charge >= 0.3 is 5.97 Å². The van der Waals surface area contributed by atoms with Crippen molar-refractivity contribution >= 4 is 27.6 Å².